The topological polar surface area (TPSA) is 111 Å². The van der Waals surface area contributed by atoms with Crippen LogP contribution in [0.15, 0.2) is 0 Å². The molecule has 7 nitrogen and oxygen atoms in total. The van der Waals surface area contributed by atoms with Crippen LogP contribution in [-0.4, -0.2) is 81.6 Å². The second-order valence-electron chi connectivity index (χ2n) is 9.55. The van der Waals surface area contributed by atoms with Gasteiger partial charge in [-0.15, -0.1) is 11.8 Å². The highest BCUT2D eigenvalue weighted by Crippen LogP contribution is 2.39. The molecule has 9 heteroatoms. The molecule has 1 aliphatic carbocycles. The highest BCUT2D eigenvalue weighted by atomic mass is 32.2. The quantitative estimate of drug-likeness (QED) is 0.376. The van der Waals surface area contributed by atoms with Crippen LogP contribution in [0.25, 0.3) is 0 Å². The van der Waals surface area contributed by atoms with Gasteiger partial charge < -0.3 is 30.7 Å². The van der Waals surface area contributed by atoms with E-state index in [1.165, 1.54) is 24.6 Å². The molecule has 0 radical (unpaired) electrons. The molecule has 1 unspecified atom stereocenters. The first kappa shape index (κ1) is 24.2. The van der Waals surface area contributed by atoms with Gasteiger partial charge in [-0.05, 0) is 43.9 Å². The Bertz CT molecular complexity index is 594. The number of rotatable bonds is 8. The van der Waals surface area contributed by atoms with E-state index >= 15 is 4.39 Å². The Morgan fingerprint density at radius 3 is 2.57 bits per heavy atom. The van der Waals surface area contributed by atoms with Crippen LogP contribution in [0, 0.1) is 11.8 Å². The smallest absolute Gasteiger partial charge is 0.237 e. The normalized spacial score (nSPS) is 40.9. The lowest BCUT2D eigenvalue weighted by Gasteiger charge is -2.44. The number of thioether (sulfide) groups is 1. The van der Waals surface area contributed by atoms with E-state index < -0.39 is 47.6 Å². The van der Waals surface area contributed by atoms with E-state index in [-0.39, 0.29) is 18.2 Å². The number of piperidine rings is 1. The van der Waals surface area contributed by atoms with Gasteiger partial charge in [0.25, 0.3) is 0 Å². The molecule has 174 valence electrons. The van der Waals surface area contributed by atoms with Crippen molar-refractivity contribution in [2.24, 2.45) is 11.8 Å². The zero-order chi connectivity index (χ0) is 22.1. The number of hydrogen-bond donors (Lipinski definition) is 5. The number of nitrogens with one attached hydrogen (secondary N) is 2. The number of aliphatic hydroxyl groups is 3. The van der Waals surface area contributed by atoms with Crippen molar-refractivity contribution in [3.8, 4) is 0 Å². The maximum atomic E-state index is 15.3. The van der Waals surface area contributed by atoms with Crippen molar-refractivity contribution in [2.45, 2.75) is 100.0 Å². The highest BCUT2D eigenvalue weighted by molar-refractivity contribution is 7.99. The zero-order valence-electron chi connectivity index (χ0n) is 18.1. The lowest BCUT2D eigenvalue weighted by Crippen LogP contribution is -2.65. The Balaban J connectivity index is 1.64. The molecule has 0 bridgehead atoms. The summed E-state index contributed by atoms with van der Waals surface area (Å²) in [6, 6.07) is -1.23. The molecular weight excluding hydrogens is 411 g/mol. The van der Waals surface area contributed by atoms with Gasteiger partial charge in [0.2, 0.25) is 5.91 Å². The Kier molecular flexibility index (Phi) is 8.07. The molecule has 2 aliphatic heterocycles. The SMILES string of the molecule is CS[C@H]1O[C@H]([C@H](NC(=O)[C@@H]2CC(F)(CCC3CC3)CCN2)C(C)C)[C@H](O)[C@H](O)[C@H]1O. The third-order valence-electron chi connectivity index (χ3n) is 6.77. The molecule has 1 saturated carbocycles. The Morgan fingerprint density at radius 1 is 1.27 bits per heavy atom. The predicted octanol–water partition coefficient (Wildman–Crippen LogP) is 0.948. The highest BCUT2D eigenvalue weighted by Gasteiger charge is 2.48. The number of ether oxygens (including phenoxy) is 1. The average molecular weight is 449 g/mol. The Labute approximate surface area is 182 Å². The summed E-state index contributed by atoms with van der Waals surface area (Å²) in [4.78, 5) is 13.0. The van der Waals surface area contributed by atoms with Crippen molar-refractivity contribution in [3.63, 3.8) is 0 Å². The van der Waals surface area contributed by atoms with E-state index in [4.69, 9.17) is 4.74 Å². The molecule has 3 fully saturated rings. The summed E-state index contributed by atoms with van der Waals surface area (Å²) < 4.78 is 21.2. The second kappa shape index (κ2) is 10.0. The Hall–Kier alpha value is -0.450. The van der Waals surface area contributed by atoms with Crippen LogP contribution in [0.5, 0.6) is 0 Å². The van der Waals surface area contributed by atoms with Gasteiger partial charge >= 0.3 is 0 Å². The average Bonchev–Trinajstić information content (AvgIpc) is 3.54. The fraction of sp³-hybridized carbons (Fsp3) is 0.952. The number of carbonyl (C=O) groups excluding carboxylic acids is 1. The molecule has 1 amide bonds. The van der Waals surface area contributed by atoms with Crippen LogP contribution in [0.3, 0.4) is 0 Å². The van der Waals surface area contributed by atoms with Crippen molar-refractivity contribution in [2.75, 3.05) is 12.8 Å². The zero-order valence-corrected chi connectivity index (χ0v) is 18.9. The van der Waals surface area contributed by atoms with Crippen molar-refractivity contribution < 1.29 is 29.2 Å². The molecule has 0 spiro atoms. The molecule has 0 aromatic rings. The first-order chi connectivity index (χ1) is 14.1. The van der Waals surface area contributed by atoms with Gasteiger partial charge in [-0.2, -0.15) is 0 Å². The number of hydrogen-bond acceptors (Lipinski definition) is 7. The fourth-order valence-corrected chi connectivity index (χ4v) is 5.23. The third-order valence-corrected chi connectivity index (χ3v) is 7.62. The summed E-state index contributed by atoms with van der Waals surface area (Å²) in [6.45, 7) is 4.22. The molecular formula is C21H37FN2O5S. The monoisotopic (exact) mass is 448 g/mol. The lowest BCUT2D eigenvalue weighted by molar-refractivity contribution is -0.208. The van der Waals surface area contributed by atoms with E-state index in [1.807, 2.05) is 13.8 Å². The van der Waals surface area contributed by atoms with Crippen LogP contribution in [0.4, 0.5) is 4.39 Å². The van der Waals surface area contributed by atoms with E-state index in [0.29, 0.717) is 25.3 Å². The van der Waals surface area contributed by atoms with Gasteiger partial charge in [-0.25, -0.2) is 4.39 Å². The van der Waals surface area contributed by atoms with Crippen molar-refractivity contribution in [3.05, 3.63) is 0 Å². The van der Waals surface area contributed by atoms with Crippen LogP contribution >= 0.6 is 11.8 Å². The summed E-state index contributed by atoms with van der Waals surface area (Å²) in [5.41, 5.74) is -2.03. The minimum atomic E-state index is -1.37. The third kappa shape index (κ3) is 5.66. The number of aliphatic hydroxyl groups excluding tert-OH is 3. The summed E-state index contributed by atoms with van der Waals surface area (Å²) in [5, 5.41) is 36.9. The van der Waals surface area contributed by atoms with E-state index in [0.717, 1.165) is 6.42 Å². The van der Waals surface area contributed by atoms with Crippen LogP contribution < -0.4 is 10.6 Å². The number of amides is 1. The first-order valence-electron chi connectivity index (χ1n) is 11.1. The molecule has 8 atom stereocenters. The van der Waals surface area contributed by atoms with Gasteiger partial charge in [0.15, 0.2) is 0 Å². The molecule has 0 aromatic heterocycles. The van der Waals surface area contributed by atoms with Crippen molar-refractivity contribution in [1.29, 1.82) is 0 Å². The maximum absolute atomic E-state index is 15.3. The van der Waals surface area contributed by atoms with Crippen molar-refractivity contribution in [1.82, 2.24) is 10.6 Å². The minimum absolute atomic E-state index is 0.105. The largest absolute Gasteiger partial charge is 0.388 e. The summed E-state index contributed by atoms with van der Waals surface area (Å²) >= 11 is 1.23. The fourth-order valence-electron chi connectivity index (χ4n) is 4.55. The van der Waals surface area contributed by atoms with E-state index in [9.17, 15) is 20.1 Å². The van der Waals surface area contributed by atoms with Crippen LogP contribution in [0.2, 0.25) is 0 Å². The van der Waals surface area contributed by atoms with Crippen LogP contribution in [0.1, 0.15) is 52.4 Å². The van der Waals surface area contributed by atoms with Crippen molar-refractivity contribution >= 4 is 17.7 Å². The number of halogens is 1. The lowest BCUT2D eigenvalue weighted by atomic mass is 9.84. The molecule has 3 rings (SSSR count). The standard InChI is InChI=1S/C21H37FN2O5S/c1-11(2)14(18-16(26)15(25)17(27)20(29-18)30-3)24-19(28)13-10-21(22,8-9-23-13)7-6-12-4-5-12/h11-18,20,23,25-27H,4-10H2,1-3H3,(H,24,28)/t13-,14+,15-,16+,17+,18+,20+,21?/m0/s1. The molecule has 5 N–H and O–H groups in total. The van der Waals surface area contributed by atoms with E-state index in [2.05, 4.69) is 10.6 Å². The van der Waals surface area contributed by atoms with Gasteiger partial charge in [-0.3, -0.25) is 4.79 Å². The second-order valence-corrected chi connectivity index (χ2v) is 10.5. The van der Waals surface area contributed by atoms with Gasteiger partial charge in [0.1, 0.15) is 35.5 Å². The molecule has 2 heterocycles. The molecule has 30 heavy (non-hydrogen) atoms. The summed E-state index contributed by atoms with van der Waals surface area (Å²) in [6.07, 6.45) is 1.27. The maximum Gasteiger partial charge on any atom is 0.237 e. The minimum Gasteiger partial charge on any atom is -0.388 e. The summed E-state index contributed by atoms with van der Waals surface area (Å²) in [5.74, 6) is 0.229. The summed E-state index contributed by atoms with van der Waals surface area (Å²) in [7, 11) is 0. The van der Waals surface area contributed by atoms with Crippen LogP contribution in [-0.2, 0) is 9.53 Å². The van der Waals surface area contributed by atoms with E-state index in [1.54, 1.807) is 6.26 Å². The Morgan fingerprint density at radius 2 is 1.97 bits per heavy atom. The molecule has 0 aromatic carbocycles. The van der Waals surface area contributed by atoms with Gasteiger partial charge in [-0.1, -0.05) is 26.7 Å². The molecule has 2 saturated heterocycles. The van der Waals surface area contributed by atoms with Gasteiger partial charge in [0.05, 0.1) is 12.1 Å². The number of carbonyl (C=O) groups is 1. The first-order valence-corrected chi connectivity index (χ1v) is 12.4. The number of alkyl halides is 1. The predicted molar refractivity (Wildman–Crippen MR) is 114 cm³/mol. The van der Waals surface area contributed by atoms with Gasteiger partial charge in [0, 0.05) is 6.42 Å². The molecule has 3 aliphatic rings.